The molecule has 8 heavy (non-hydrogen) atoms. The van der Waals surface area contributed by atoms with Crippen molar-refractivity contribution in [3.63, 3.8) is 0 Å². The first-order valence-electron chi connectivity index (χ1n) is 2.33. The van der Waals surface area contributed by atoms with Crippen LogP contribution in [0.25, 0.3) is 9.78 Å². The minimum absolute atomic E-state index is 0.558. The Labute approximate surface area is 52.3 Å². The van der Waals surface area contributed by atoms with Gasteiger partial charge >= 0.3 is 51.7 Å². The van der Waals surface area contributed by atoms with E-state index >= 15 is 0 Å². The topological polar surface area (TPSA) is 28.7 Å². The molecule has 2 nitrogen and oxygen atoms in total. The summed E-state index contributed by atoms with van der Waals surface area (Å²) in [5, 5.41) is 6.78. The molecule has 0 saturated carbocycles. The molecule has 0 bridgehead atoms. The van der Waals surface area contributed by atoms with Crippen LogP contribution in [0.1, 0.15) is 0 Å². The van der Waals surface area contributed by atoms with Crippen LogP contribution >= 0.6 is 0 Å². The summed E-state index contributed by atoms with van der Waals surface area (Å²) in [4.78, 5) is 2.19. The Bertz CT molecular complexity index is 232. The van der Waals surface area contributed by atoms with Gasteiger partial charge in [0.2, 0.25) is 0 Å². The molecule has 0 fully saturated rings. The molecule has 1 N–H and O–H groups in total. The Hall–Kier alpha value is -0.531. The van der Waals surface area contributed by atoms with Gasteiger partial charge in [0.05, 0.1) is 0 Å². The van der Waals surface area contributed by atoms with E-state index in [-0.39, 0.29) is 0 Å². The van der Waals surface area contributed by atoms with Gasteiger partial charge in [-0.05, 0) is 0 Å². The van der Waals surface area contributed by atoms with Crippen LogP contribution in [-0.4, -0.2) is 24.7 Å². The Balaban J connectivity index is 3.06. The summed E-state index contributed by atoms with van der Waals surface area (Å²) >= 11 is 0.558. The van der Waals surface area contributed by atoms with E-state index in [2.05, 4.69) is 21.2 Å². The molecule has 2 aromatic heterocycles. The van der Waals surface area contributed by atoms with Crippen molar-refractivity contribution in [1.29, 1.82) is 0 Å². The van der Waals surface area contributed by atoms with Crippen LogP contribution in [0.15, 0.2) is 17.2 Å². The average molecular weight is 171 g/mol. The molecule has 0 saturated heterocycles. The molecule has 0 amide bonds. The van der Waals surface area contributed by atoms with Crippen molar-refractivity contribution in [3.8, 4) is 0 Å². The Morgan fingerprint density at radius 3 is 3.50 bits per heavy atom. The number of hydrogen-bond donors (Lipinski definition) is 1. The summed E-state index contributed by atoms with van der Waals surface area (Å²) in [6, 6.07) is 2.09. The molecule has 2 heterocycles. The van der Waals surface area contributed by atoms with Crippen LogP contribution in [0.4, 0.5) is 0 Å². The van der Waals surface area contributed by atoms with E-state index < -0.39 is 0 Å². The van der Waals surface area contributed by atoms with E-state index in [0.717, 1.165) is 0 Å². The van der Waals surface area contributed by atoms with Gasteiger partial charge in [-0.15, -0.1) is 0 Å². The van der Waals surface area contributed by atoms with E-state index in [0.29, 0.717) is 14.5 Å². The first-order valence-corrected chi connectivity index (χ1v) is 4.18. The second-order valence-corrected chi connectivity index (χ2v) is 3.56. The molecule has 2 rings (SSSR count). The van der Waals surface area contributed by atoms with Crippen LogP contribution in [0.3, 0.4) is 0 Å². The van der Waals surface area contributed by atoms with E-state index in [9.17, 15) is 0 Å². The van der Waals surface area contributed by atoms with Gasteiger partial charge in [0.25, 0.3) is 0 Å². The molecule has 0 aliphatic heterocycles. The summed E-state index contributed by atoms with van der Waals surface area (Å²) in [6.45, 7) is 0. The Morgan fingerprint density at radius 1 is 1.62 bits per heavy atom. The molecule has 0 unspecified atom stereocenters. The zero-order chi connectivity index (χ0) is 5.40. The van der Waals surface area contributed by atoms with Crippen LogP contribution in [0.2, 0.25) is 0 Å². The number of nitrogens with zero attached hydrogens (tertiary/aromatic N) is 1. The Kier molecular flexibility index (Phi) is 0.801. The second kappa shape index (κ2) is 1.47. The number of hydrogen-bond acceptors (Lipinski definition) is 1. The van der Waals surface area contributed by atoms with E-state index in [1.807, 2.05) is 6.20 Å². The average Bonchev–Trinajstić information content (AvgIpc) is 2.15. The SMILES string of the molecule is c1cc2[nH]ncc2[se]1. The maximum absolute atomic E-state index is 3.88. The van der Waals surface area contributed by atoms with E-state index in [4.69, 9.17) is 0 Å². The molecular formula is C5H4N2Se. The van der Waals surface area contributed by atoms with Crippen molar-refractivity contribution < 1.29 is 0 Å². The van der Waals surface area contributed by atoms with Gasteiger partial charge < -0.3 is 0 Å². The fourth-order valence-electron chi connectivity index (χ4n) is 0.674. The minimum atomic E-state index is 0.558. The molecule has 0 aliphatic rings. The number of aromatic nitrogens is 2. The molecule has 0 aliphatic carbocycles. The monoisotopic (exact) mass is 172 g/mol. The Morgan fingerprint density at radius 2 is 2.62 bits per heavy atom. The quantitative estimate of drug-likeness (QED) is 0.578. The fourth-order valence-corrected chi connectivity index (χ4v) is 2.15. The third-order valence-electron chi connectivity index (χ3n) is 1.06. The number of nitrogens with one attached hydrogen (secondary N) is 1. The molecular weight excluding hydrogens is 167 g/mol. The summed E-state index contributed by atoms with van der Waals surface area (Å²) < 4.78 is 1.37. The standard InChI is InChI=1S/C5H4N2Se/c1-2-8-5-3-6-7-4(1)5/h1-3H,(H,6,7). The summed E-state index contributed by atoms with van der Waals surface area (Å²) in [5.41, 5.74) is 1.20. The zero-order valence-electron chi connectivity index (χ0n) is 4.09. The first kappa shape index (κ1) is 4.36. The van der Waals surface area contributed by atoms with Crippen molar-refractivity contribution in [3.05, 3.63) is 17.2 Å². The van der Waals surface area contributed by atoms with Gasteiger partial charge in [-0.3, -0.25) is 0 Å². The number of rotatable bonds is 0. The second-order valence-electron chi connectivity index (χ2n) is 1.57. The molecule has 0 atom stereocenters. The van der Waals surface area contributed by atoms with E-state index in [1.54, 1.807) is 0 Å². The van der Waals surface area contributed by atoms with Gasteiger partial charge in [0.1, 0.15) is 0 Å². The van der Waals surface area contributed by atoms with Gasteiger partial charge in [0.15, 0.2) is 0 Å². The molecule has 3 heteroatoms. The zero-order valence-corrected chi connectivity index (χ0v) is 5.80. The van der Waals surface area contributed by atoms with Crippen molar-refractivity contribution in [2.24, 2.45) is 0 Å². The molecule has 2 aromatic rings. The molecule has 0 aromatic carbocycles. The van der Waals surface area contributed by atoms with Gasteiger partial charge in [-0.1, -0.05) is 0 Å². The van der Waals surface area contributed by atoms with Crippen molar-refractivity contribution in [1.82, 2.24) is 10.2 Å². The first-order chi connectivity index (χ1) is 3.97. The third kappa shape index (κ3) is 0.457. The summed E-state index contributed by atoms with van der Waals surface area (Å²) in [5.74, 6) is 0. The maximum atomic E-state index is 3.88. The van der Waals surface area contributed by atoms with Gasteiger partial charge in [0, 0.05) is 0 Å². The van der Waals surface area contributed by atoms with E-state index in [1.165, 1.54) is 9.78 Å². The van der Waals surface area contributed by atoms with Gasteiger partial charge in [-0.25, -0.2) is 0 Å². The van der Waals surface area contributed by atoms with Crippen molar-refractivity contribution >= 4 is 24.3 Å². The summed E-state index contributed by atoms with van der Waals surface area (Å²) in [7, 11) is 0. The van der Waals surface area contributed by atoms with Crippen molar-refractivity contribution in [2.45, 2.75) is 0 Å². The number of H-pyrrole nitrogens is 1. The third-order valence-corrected chi connectivity index (χ3v) is 2.85. The van der Waals surface area contributed by atoms with Crippen LogP contribution in [0.5, 0.6) is 0 Å². The van der Waals surface area contributed by atoms with Gasteiger partial charge in [-0.2, -0.15) is 0 Å². The predicted octanol–water partition coefficient (Wildman–Crippen LogP) is 0.620. The molecule has 40 valence electrons. The molecule has 0 radical (unpaired) electrons. The summed E-state index contributed by atoms with van der Waals surface area (Å²) in [6.07, 6.45) is 1.90. The fraction of sp³-hybridized carbons (Fsp3) is 0. The number of aromatic amines is 1. The normalized spacial score (nSPS) is 10.5. The van der Waals surface area contributed by atoms with Crippen LogP contribution < -0.4 is 0 Å². The van der Waals surface area contributed by atoms with Crippen LogP contribution in [-0.2, 0) is 0 Å². The predicted molar refractivity (Wildman–Crippen MR) is 33.0 cm³/mol. The van der Waals surface area contributed by atoms with Crippen LogP contribution in [0, 0.1) is 0 Å². The van der Waals surface area contributed by atoms with Crippen molar-refractivity contribution in [2.75, 3.05) is 0 Å². The number of fused-ring (bicyclic) bond motifs is 1. The molecule has 0 spiro atoms.